The molecular formula is C14H28INO2. The lowest BCUT2D eigenvalue weighted by molar-refractivity contribution is -0.139. The van der Waals surface area contributed by atoms with Gasteiger partial charge in [0.05, 0.1) is 7.11 Å². The van der Waals surface area contributed by atoms with Gasteiger partial charge in [-0.3, -0.25) is 4.79 Å². The minimum absolute atomic E-state index is 0.0679. The highest BCUT2D eigenvalue weighted by Crippen LogP contribution is 2.08. The summed E-state index contributed by atoms with van der Waals surface area (Å²) in [5.41, 5.74) is 0. The molecule has 0 aliphatic heterocycles. The largest absolute Gasteiger partial charge is 0.468 e. The van der Waals surface area contributed by atoms with Gasteiger partial charge in [-0.25, -0.2) is 0 Å². The van der Waals surface area contributed by atoms with Crippen molar-refractivity contribution in [2.75, 3.05) is 20.2 Å². The average Bonchev–Trinajstić information content (AvgIpc) is 2.39. The van der Waals surface area contributed by atoms with E-state index in [2.05, 4.69) is 39.6 Å². The molecule has 0 radical (unpaired) electrons. The Morgan fingerprint density at radius 3 is 2.22 bits per heavy atom. The highest BCUT2D eigenvalue weighted by molar-refractivity contribution is 14.1. The van der Waals surface area contributed by atoms with Gasteiger partial charge in [0, 0.05) is 6.54 Å². The maximum atomic E-state index is 11.1. The van der Waals surface area contributed by atoms with Crippen LogP contribution in [0.4, 0.5) is 0 Å². The molecule has 0 aromatic rings. The van der Waals surface area contributed by atoms with Crippen LogP contribution in [-0.4, -0.2) is 30.1 Å². The minimum Gasteiger partial charge on any atom is -0.468 e. The van der Waals surface area contributed by atoms with E-state index in [-0.39, 0.29) is 9.89 Å². The van der Waals surface area contributed by atoms with Gasteiger partial charge in [0.25, 0.3) is 0 Å². The van der Waals surface area contributed by atoms with Gasteiger partial charge in [0.1, 0.15) is 3.92 Å². The molecule has 0 saturated heterocycles. The SMILES string of the molecule is CCCCCCCCCCNCC(I)C(=O)OC. The first kappa shape index (κ1) is 18.2. The van der Waals surface area contributed by atoms with Gasteiger partial charge < -0.3 is 10.1 Å². The summed E-state index contributed by atoms with van der Waals surface area (Å²) in [5, 5.41) is 3.30. The standard InChI is InChI=1S/C14H28INO2/c1-3-4-5-6-7-8-9-10-11-16-12-13(15)14(17)18-2/h13,16H,3-12H2,1-2H3. The van der Waals surface area contributed by atoms with E-state index < -0.39 is 0 Å². The number of hydrogen-bond donors (Lipinski definition) is 1. The molecule has 0 aliphatic rings. The van der Waals surface area contributed by atoms with Gasteiger partial charge in [-0.2, -0.15) is 0 Å². The van der Waals surface area contributed by atoms with Crippen molar-refractivity contribution in [3.63, 3.8) is 0 Å². The molecule has 18 heavy (non-hydrogen) atoms. The molecule has 0 aliphatic carbocycles. The fourth-order valence-electron chi connectivity index (χ4n) is 1.82. The van der Waals surface area contributed by atoms with Crippen molar-refractivity contribution >= 4 is 28.6 Å². The second-order valence-electron chi connectivity index (χ2n) is 4.67. The highest BCUT2D eigenvalue weighted by atomic mass is 127. The predicted octanol–water partition coefficient (Wildman–Crippen LogP) is 3.69. The number of alkyl halides is 1. The van der Waals surface area contributed by atoms with Gasteiger partial charge in [0.2, 0.25) is 0 Å². The van der Waals surface area contributed by atoms with Gasteiger partial charge in [-0.15, -0.1) is 0 Å². The van der Waals surface area contributed by atoms with Crippen molar-refractivity contribution in [3.8, 4) is 0 Å². The fraction of sp³-hybridized carbons (Fsp3) is 0.929. The van der Waals surface area contributed by atoms with Crippen LogP contribution in [-0.2, 0) is 9.53 Å². The van der Waals surface area contributed by atoms with Crippen molar-refractivity contribution in [3.05, 3.63) is 0 Å². The summed E-state index contributed by atoms with van der Waals surface area (Å²) in [6, 6.07) is 0. The number of hydrogen-bond acceptors (Lipinski definition) is 3. The second kappa shape index (κ2) is 13.6. The lowest BCUT2D eigenvalue weighted by Gasteiger charge is -2.08. The number of unbranched alkanes of at least 4 members (excludes halogenated alkanes) is 7. The number of methoxy groups -OCH3 is 1. The molecule has 0 heterocycles. The van der Waals surface area contributed by atoms with Crippen LogP contribution in [0.3, 0.4) is 0 Å². The van der Waals surface area contributed by atoms with Gasteiger partial charge in [0.15, 0.2) is 0 Å². The molecule has 0 bridgehead atoms. The van der Waals surface area contributed by atoms with E-state index in [1.807, 2.05) is 0 Å². The van der Waals surface area contributed by atoms with Gasteiger partial charge in [-0.05, 0) is 13.0 Å². The molecule has 0 amide bonds. The zero-order valence-corrected chi connectivity index (χ0v) is 14.0. The van der Waals surface area contributed by atoms with Gasteiger partial charge in [-0.1, -0.05) is 74.5 Å². The van der Waals surface area contributed by atoms with Crippen LogP contribution < -0.4 is 5.32 Å². The summed E-state index contributed by atoms with van der Waals surface area (Å²) in [6.07, 6.45) is 10.7. The van der Waals surface area contributed by atoms with Crippen molar-refractivity contribution in [2.45, 2.75) is 62.2 Å². The van der Waals surface area contributed by atoms with Crippen LogP contribution in [0.5, 0.6) is 0 Å². The number of carbonyl (C=O) groups excluding carboxylic acids is 1. The Hall–Kier alpha value is 0.160. The van der Waals surface area contributed by atoms with E-state index in [4.69, 9.17) is 0 Å². The molecule has 108 valence electrons. The van der Waals surface area contributed by atoms with Crippen molar-refractivity contribution in [2.24, 2.45) is 0 Å². The van der Waals surface area contributed by atoms with E-state index in [1.54, 1.807) is 0 Å². The van der Waals surface area contributed by atoms with Crippen molar-refractivity contribution < 1.29 is 9.53 Å². The van der Waals surface area contributed by atoms with Crippen LogP contribution in [0.1, 0.15) is 58.3 Å². The monoisotopic (exact) mass is 369 g/mol. The summed E-state index contributed by atoms with van der Waals surface area (Å²) in [4.78, 5) is 11.1. The van der Waals surface area contributed by atoms with E-state index in [9.17, 15) is 4.79 Å². The molecule has 0 aromatic carbocycles. The molecule has 3 nitrogen and oxygen atoms in total. The topological polar surface area (TPSA) is 38.3 Å². The zero-order chi connectivity index (χ0) is 13.6. The number of esters is 1. The number of carbonyl (C=O) groups is 1. The maximum Gasteiger partial charge on any atom is 0.319 e. The van der Waals surface area contributed by atoms with Crippen LogP contribution in [0.2, 0.25) is 0 Å². The fourth-order valence-corrected chi connectivity index (χ4v) is 2.39. The van der Waals surface area contributed by atoms with E-state index in [0.29, 0.717) is 6.54 Å². The molecule has 0 aromatic heterocycles. The second-order valence-corrected chi connectivity index (χ2v) is 6.17. The summed E-state index contributed by atoms with van der Waals surface area (Å²) in [7, 11) is 1.44. The van der Waals surface area contributed by atoms with E-state index in [0.717, 1.165) is 6.54 Å². The first-order chi connectivity index (χ1) is 8.72. The van der Waals surface area contributed by atoms with E-state index >= 15 is 0 Å². The quantitative estimate of drug-likeness (QED) is 0.247. The van der Waals surface area contributed by atoms with Crippen molar-refractivity contribution in [1.29, 1.82) is 0 Å². The third-order valence-electron chi connectivity index (χ3n) is 2.99. The van der Waals surface area contributed by atoms with Gasteiger partial charge >= 0.3 is 5.97 Å². The average molecular weight is 369 g/mol. The Balaban J connectivity index is 3.14. The normalized spacial score (nSPS) is 12.4. The summed E-state index contributed by atoms with van der Waals surface area (Å²) < 4.78 is 4.60. The summed E-state index contributed by atoms with van der Waals surface area (Å²) in [5.74, 6) is -0.140. The van der Waals surface area contributed by atoms with Crippen LogP contribution in [0.25, 0.3) is 0 Å². The molecule has 0 saturated carbocycles. The van der Waals surface area contributed by atoms with E-state index in [1.165, 1.54) is 58.5 Å². The zero-order valence-electron chi connectivity index (χ0n) is 11.8. The third kappa shape index (κ3) is 11.3. The smallest absolute Gasteiger partial charge is 0.319 e. The number of halogens is 1. The predicted molar refractivity (Wildman–Crippen MR) is 85.3 cm³/mol. The van der Waals surface area contributed by atoms with Crippen molar-refractivity contribution in [1.82, 2.24) is 5.32 Å². The third-order valence-corrected chi connectivity index (χ3v) is 3.94. The van der Waals surface area contributed by atoms with Crippen LogP contribution >= 0.6 is 22.6 Å². The first-order valence-electron chi connectivity index (χ1n) is 7.15. The Bertz CT molecular complexity index is 200. The molecule has 0 spiro atoms. The molecule has 4 heteroatoms. The lowest BCUT2D eigenvalue weighted by atomic mass is 10.1. The highest BCUT2D eigenvalue weighted by Gasteiger charge is 2.13. The Kier molecular flexibility index (Phi) is 13.7. The van der Waals surface area contributed by atoms with Crippen LogP contribution in [0.15, 0.2) is 0 Å². The Morgan fingerprint density at radius 1 is 1.11 bits per heavy atom. The molecular weight excluding hydrogens is 341 g/mol. The first-order valence-corrected chi connectivity index (χ1v) is 8.39. The molecule has 1 atom stereocenters. The Labute approximate surface area is 126 Å². The molecule has 0 rings (SSSR count). The summed E-state index contributed by atoms with van der Waals surface area (Å²) in [6.45, 7) is 3.97. The summed E-state index contributed by atoms with van der Waals surface area (Å²) >= 11 is 2.12. The maximum absolute atomic E-state index is 11.1. The number of nitrogens with one attached hydrogen (secondary N) is 1. The Morgan fingerprint density at radius 2 is 1.67 bits per heavy atom. The molecule has 0 fully saturated rings. The number of ether oxygens (including phenoxy) is 1. The van der Waals surface area contributed by atoms with Crippen LogP contribution in [0, 0.1) is 0 Å². The molecule has 1 unspecified atom stereocenters. The minimum atomic E-state index is -0.140. The number of rotatable bonds is 12. The lowest BCUT2D eigenvalue weighted by Crippen LogP contribution is -2.30. The molecule has 1 N–H and O–H groups in total.